The summed E-state index contributed by atoms with van der Waals surface area (Å²) in [6.45, 7) is 0.967. The van der Waals surface area contributed by atoms with Crippen LogP contribution in [0.5, 0.6) is 0 Å². The van der Waals surface area contributed by atoms with Gasteiger partial charge in [0.1, 0.15) is 5.60 Å². The molecule has 1 aromatic rings. The quantitative estimate of drug-likeness (QED) is 0.879. The van der Waals surface area contributed by atoms with Crippen LogP contribution in [0.1, 0.15) is 12.0 Å². The van der Waals surface area contributed by atoms with Gasteiger partial charge in [0.25, 0.3) is 0 Å². The third kappa shape index (κ3) is 2.85. The van der Waals surface area contributed by atoms with Gasteiger partial charge in [-0.1, -0.05) is 29.8 Å². The molecule has 1 fully saturated rings. The molecule has 0 aliphatic carbocycles. The highest BCUT2D eigenvalue weighted by atomic mass is 35.5. The SMILES string of the molecule is C[NH+](C)C[C@H]1CSCC[C@]1(O)c1ccccc1Cl. The summed E-state index contributed by atoms with van der Waals surface area (Å²) >= 11 is 8.21. The van der Waals surface area contributed by atoms with Crippen LogP contribution < -0.4 is 4.90 Å². The highest BCUT2D eigenvalue weighted by Gasteiger charge is 2.43. The molecule has 0 unspecified atom stereocenters. The van der Waals surface area contributed by atoms with Crippen molar-refractivity contribution in [2.45, 2.75) is 12.0 Å². The van der Waals surface area contributed by atoms with Crippen LogP contribution >= 0.6 is 23.4 Å². The van der Waals surface area contributed by atoms with Crippen LogP contribution in [0.15, 0.2) is 24.3 Å². The Bertz CT molecular complexity index is 413. The van der Waals surface area contributed by atoms with Crippen LogP contribution in [0.25, 0.3) is 0 Å². The number of quaternary nitrogens is 1. The average molecular weight is 287 g/mol. The van der Waals surface area contributed by atoms with Gasteiger partial charge in [-0.2, -0.15) is 11.8 Å². The van der Waals surface area contributed by atoms with Gasteiger partial charge in [0, 0.05) is 16.3 Å². The molecule has 1 aromatic carbocycles. The van der Waals surface area contributed by atoms with Crippen molar-refractivity contribution in [3.05, 3.63) is 34.9 Å². The van der Waals surface area contributed by atoms with Gasteiger partial charge >= 0.3 is 0 Å². The fourth-order valence-electron chi connectivity index (χ4n) is 2.68. The summed E-state index contributed by atoms with van der Waals surface area (Å²) in [4.78, 5) is 1.37. The topological polar surface area (TPSA) is 24.7 Å². The highest BCUT2D eigenvalue weighted by molar-refractivity contribution is 7.99. The summed E-state index contributed by atoms with van der Waals surface area (Å²) in [6.07, 6.45) is 0.791. The Balaban J connectivity index is 2.33. The molecule has 1 aliphatic rings. The summed E-state index contributed by atoms with van der Waals surface area (Å²) in [5.41, 5.74) is 0.138. The van der Waals surface area contributed by atoms with E-state index in [0.717, 1.165) is 30.0 Å². The van der Waals surface area contributed by atoms with Gasteiger partial charge in [-0.3, -0.25) is 0 Å². The fraction of sp³-hybridized carbons (Fsp3) is 0.571. The van der Waals surface area contributed by atoms with Crippen molar-refractivity contribution < 1.29 is 10.0 Å². The van der Waals surface area contributed by atoms with Gasteiger partial charge in [0.2, 0.25) is 0 Å². The molecule has 2 nitrogen and oxygen atoms in total. The average Bonchev–Trinajstić information content (AvgIpc) is 2.32. The zero-order valence-electron chi connectivity index (χ0n) is 10.9. The second-order valence-electron chi connectivity index (χ2n) is 5.34. The van der Waals surface area contributed by atoms with Crippen molar-refractivity contribution in [3.8, 4) is 0 Å². The Morgan fingerprint density at radius 3 is 2.83 bits per heavy atom. The van der Waals surface area contributed by atoms with Crippen LogP contribution in [0.3, 0.4) is 0 Å². The molecule has 2 N–H and O–H groups in total. The van der Waals surface area contributed by atoms with Crippen LogP contribution in [0.4, 0.5) is 0 Å². The van der Waals surface area contributed by atoms with Crippen LogP contribution in [0.2, 0.25) is 5.02 Å². The molecule has 0 radical (unpaired) electrons. The molecule has 1 aliphatic heterocycles. The molecule has 2 rings (SSSR count). The van der Waals surface area contributed by atoms with E-state index in [0.29, 0.717) is 5.02 Å². The summed E-state index contributed by atoms with van der Waals surface area (Å²) in [7, 11) is 4.26. The monoisotopic (exact) mass is 286 g/mol. The molecule has 0 aromatic heterocycles. The molecular formula is C14H21ClNOS+. The lowest BCUT2D eigenvalue weighted by Crippen LogP contribution is -3.07. The second kappa shape index (κ2) is 5.83. The number of benzene rings is 1. The van der Waals surface area contributed by atoms with Crippen molar-refractivity contribution in [2.24, 2.45) is 5.92 Å². The fourth-order valence-corrected chi connectivity index (χ4v) is 4.28. The minimum atomic E-state index is -0.763. The van der Waals surface area contributed by atoms with Gasteiger partial charge in [0.05, 0.1) is 26.6 Å². The van der Waals surface area contributed by atoms with E-state index in [1.165, 1.54) is 4.90 Å². The first-order valence-corrected chi connectivity index (χ1v) is 7.91. The van der Waals surface area contributed by atoms with Crippen LogP contribution in [0, 0.1) is 5.92 Å². The first-order valence-electron chi connectivity index (χ1n) is 6.38. The molecule has 1 heterocycles. The molecule has 100 valence electrons. The largest absolute Gasteiger partial charge is 0.385 e. The minimum Gasteiger partial charge on any atom is -0.385 e. The van der Waals surface area contributed by atoms with Crippen molar-refractivity contribution in [1.82, 2.24) is 0 Å². The lowest BCUT2D eigenvalue weighted by Gasteiger charge is -2.40. The first-order chi connectivity index (χ1) is 8.54. The predicted molar refractivity (Wildman–Crippen MR) is 78.5 cm³/mol. The first kappa shape index (κ1) is 14.2. The molecule has 2 atom stereocenters. The number of rotatable bonds is 3. The molecule has 0 amide bonds. The van der Waals surface area contributed by atoms with Gasteiger partial charge in [-0.15, -0.1) is 0 Å². The van der Waals surface area contributed by atoms with Crippen molar-refractivity contribution >= 4 is 23.4 Å². The standard InChI is InChI=1S/C14H20ClNOS/c1-16(2)9-11-10-18-8-7-14(11,17)12-5-3-4-6-13(12)15/h3-6,11,17H,7-10H2,1-2H3/p+1/t11-,14+/m0/s1. The molecule has 0 bridgehead atoms. The Labute approximate surface area is 118 Å². The van der Waals surface area contributed by atoms with E-state index < -0.39 is 5.60 Å². The van der Waals surface area contributed by atoms with Gasteiger partial charge in [0.15, 0.2) is 0 Å². The molecular weight excluding hydrogens is 266 g/mol. The smallest absolute Gasteiger partial charge is 0.101 e. The maximum Gasteiger partial charge on any atom is 0.101 e. The summed E-state index contributed by atoms with van der Waals surface area (Å²) < 4.78 is 0. The lowest BCUT2D eigenvalue weighted by atomic mass is 9.79. The Morgan fingerprint density at radius 1 is 1.44 bits per heavy atom. The zero-order valence-corrected chi connectivity index (χ0v) is 12.5. The number of halogens is 1. The maximum atomic E-state index is 11.1. The van der Waals surface area contributed by atoms with Crippen molar-refractivity contribution in [3.63, 3.8) is 0 Å². The van der Waals surface area contributed by atoms with E-state index in [2.05, 4.69) is 14.1 Å². The van der Waals surface area contributed by atoms with E-state index in [9.17, 15) is 5.11 Å². The minimum absolute atomic E-state index is 0.265. The van der Waals surface area contributed by atoms with E-state index in [-0.39, 0.29) is 5.92 Å². The Hall–Kier alpha value is -0.220. The van der Waals surface area contributed by atoms with Gasteiger partial charge < -0.3 is 10.0 Å². The van der Waals surface area contributed by atoms with Gasteiger partial charge in [-0.25, -0.2) is 0 Å². The maximum absolute atomic E-state index is 11.1. The number of hydrogen-bond donors (Lipinski definition) is 2. The number of nitrogens with one attached hydrogen (secondary N) is 1. The Kier molecular flexibility index (Phi) is 4.59. The van der Waals surface area contributed by atoms with E-state index in [1.54, 1.807) is 0 Å². The lowest BCUT2D eigenvalue weighted by molar-refractivity contribution is -0.863. The van der Waals surface area contributed by atoms with Gasteiger partial charge in [-0.05, 0) is 18.2 Å². The van der Waals surface area contributed by atoms with Crippen molar-refractivity contribution in [1.29, 1.82) is 0 Å². The molecule has 0 spiro atoms. The zero-order chi connectivity index (χ0) is 13.2. The molecule has 18 heavy (non-hydrogen) atoms. The second-order valence-corrected chi connectivity index (χ2v) is 6.89. The third-order valence-electron chi connectivity index (χ3n) is 3.62. The number of aliphatic hydroxyl groups is 1. The van der Waals surface area contributed by atoms with E-state index >= 15 is 0 Å². The van der Waals surface area contributed by atoms with Crippen LogP contribution in [-0.4, -0.2) is 37.3 Å². The number of thioether (sulfide) groups is 1. The molecule has 1 saturated heterocycles. The third-order valence-corrected chi connectivity index (χ3v) is 5.08. The highest BCUT2D eigenvalue weighted by Crippen LogP contribution is 2.42. The number of hydrogen-bond acceptors (Lipinski definition) is 2. The molecule has 0 saturated carbocycles. The van der Waals surface area contributed by atoms with Crippen molar-refractivity contribution in [2.75, 3.05) is 32.1 Å². The normalized spacial score (nSPS) is 28.6. The van der Waals surface area contributed by atoms with Crippen LogP contribution in [-0.2, 0) is 5.60 Å². The summed E-state index contributed by atoms with van der Waals surface area (Å²) in [6, 6.07) is 7.71. The van der Waals surface area contributed by atoms with E-state index in [4.69, 9.17) is 11.6 Å². The Morgan fingerprint density at radius 2 is 2.17 bits per heavy atom. The summed E-state index contributed by atoms with van der Waals surface area (Å²) in [5.74, 6) is 2.27. The van der Waals surface area contributed by atoms with E-state index in [1.807, 2.05) is 36.0 Å². The summed E-state index contributed by atoms with van der Waals surface area (Å²) in [5, 5.41) is 11.8. The molecule has 4 heteroatoms. The predicted octanol–water partition coefficient (Wildman–Crippen LogP) is 1.43.